The molecule has 1 aromatic carbocycles. The van der Waals surface area contributed by atoms with Gasteiger partial charge in [-0.2, -0.15) is 0 Å². The number of halogens is 1. The molecule has 1 atom stereocenters. The number of hydrogen-bond donors (Lipinski definition) is 0. The summed E-state index contributed by atoms with van der Waals surface area (Å²) in [5, 5.41) is 4.62. The molecule has 2 aromatic rings. The second-order valence-corrected chi connectivity index (χ2v) is 5.78. The van der Waals surface area contributed by atoms with Crippen molar-refractivity contribution in [2.24, 2.45) is 0 Å². The number of rotatable bonds is 3. The van der Waals surface area contributed by atoms with Crippen LogP contribution >= 0.6 is 11.6 Å². The fraction of sp³-hybridized carbons (Fsp3) is 0.375. The Bertz CT molecular complexity index is 653. The Morgan fingerprint density at radius 2 is 2.29 bits per heavy atom. The average molecular weight is 305 g/mol. The summed E-state index contributed by atoms with van der Waals surface area (Å²) < 4.78 is 5.02. The van der Waals surface area contributed by atoms with Crippen LogP contribution in [0.15, 0.2) is 34.9 Å². The second kappa shape index (κ2) is 5.90. The third-order valence-corrected chi connectivity index (χ3v) is 4.19. The molecule has 0 saturated carbocycles. The van der Waals surface area contributed by atoms with Gasteiger partial charge in [0, 0.05) is 17.6 Å². The molecule has 1 aliphatic heterocycles. The Morgan fingerprint density at radius 1 is 1.48 bits per heavy atom. The minimum atomic E-state index is 0.0687. The molecule has 1 aromatic heterocycles. The van der Waals surface area contributed by atoms with Crippen LogP contribution in [-0.2, 0) is 11.2 Å². The predicted octanol–water partition coefficient (Wildman–Crippen LogP) is 3.54. The van der Waals surface area contributed by atoms with Gasteiger partial charge in [-0.1, -0.05) is 35.0 Å². The van der Waals surface area contributed by atoms with Crippen molar-refractivity contribution in [1.82, 2.24) is 10.1 Å². The van der Waals surface area contributed by atoms with Gasteiger partial charge in [0.1, 0.15) is 5.76 Å². The van der Waals surface area contributed by atoms with Crippen molar-refractivity contribution in [1.29, 1.82) is 0 Å². The third-order valence-electron chi connectivity index (χ3n) is 3.85. The molecule has 1 aliphatic rings. The standard InChI is InChI=1S/C16H17ClN2O2/c1-11-9-12(18-21-11)10-16(20)19-8-4-7-15(19)13-5-2-3-6-14(13)17/h2-3,5-6,9,15H,4,7-8,10H2,1H3. The molecule has 0 bridgehead atoms. The summed E-state index contributed by atoms with van der Waals surface area (Å²) in [5.41, 5.74) is 1.71. The van der Waals surface area contributed by atoms with Gasteiger partial charge in [-0.25, -0.2) is 0 Å². The number of aryl methyl sites for hydroxylation is 1. The Balaban J connectivity index is 1.77. The first-order valence-corrected chi connectivity index (χ1v) is 7.49. The highest BCUT2D eigenvalue weighted by Gasteiger charge is 2.31. The summed E-state index contributed by atoms with van der Waals surface area (Å²) in [7, 11) is 0. The highest BCUT2D eigenvalue weighted by Crippen LogP contribution is 2.35. The summed E-state index contributed by atoms with van der Waals surface area (Å²) in [5.74, 6) is 0.799. The maximum Gasteiger partial charge on any atom is 0.229 e. The van der Waals surface area contributed by atoms with Crippen LogP contribution in [0.2, 0.25) is 5.02 Å². The molecule has 1 amide bonds. The number of amides is 1. The molecule has 110 valence electrons. The smallest absolute Gasteiger partial charge is 0.229 e. The number of hydrogen-bond acceptors (Lipinski definition) is 3. The van der Waals surface area contributed by atoms with Crippen LogP contribution in [0.1, 0.15) is 35.9 Å². The number of nitrogens with zero attached hydrogens (tertiary/aromatic N) is 2. The zero-order valence-electron chi connectivity index (χ0n) is 11.9. The fourth-order valence-corrected chi connectivity index (χ4v) is 3.15. The molecule has 0 spiro atoms. The van der Waals surface area contributed by atoms with E-state index in [4.69, 9.17) is 16.1 Å². The Morgan fingerprint density at radius 3 is 3.00 bits per heavy atom. The highest BCUT2D eigenvalue weighted by molar-refractivity contribution is 6.31. The largest absolute Gasteiger partial charge is 0.361 e. The van der Waals surface area contributed by atoms with Crippen molar-refractivity contribution in [3.63, 3.8) is 0 Å². The molecule has 2 heterocycles. The van der Waals surface area contributed by atoms with Crippen LogP contribution < -0.4 is 0 Å². The number of carbonyl (C=O) groups is 1. The van der Waals surface area contributed by atoms with E-state index in [1.165, 1.54) is 0 Å². The summed E-state index contributed by atoms with van der Waals surface area (Å²) >= 11 is 6.27. The first kappa shape index (κ1) is 14.1. The van der Waals surface area contributed by atoms with E-state index in [9.17, 15) is 4.79 Å². The number of aromatic nitrogens is 1. The quantitative estimate of drug-likeness (QED) is 0.871. The second-order valence-electron chi connectivity index (χ2n) is 5.37. The SMILES string of the molecule is Cc1cc(CC(=O)N2CCCC2c2ccccc2Cl)no1. The van der Waals surface area contributed by atoms with Gasteiger partial charge in [0.05, 0.1) is 18.2 Å². The van der Waals surface area contributed by atoms with Crippen molar-refractivity contribution >= 4 is 17.5 Å². The molecule has 1 saturated heterocycles. The lowest BCUT2D eigenvalue weighted by atomic mass is 10.0. The Labute approximate surface area is 128 Å². The van der Waals surface area contributed by atoms with Crippen molar-refractivity contribution in [2.75, 3.05) is 6.54 Å². The van der Waals surface area contributed by atoms with Gasteiger partial charge in [-0.05, 0) is 31.4 Å². The number of likely N-dealkylation sites (tertiary alicyclic amines) is 1. The fourth-order valence-electron chi connectivity index (χ4n) is 2.89. The molecule has 0 radical (unpaired) electrons. The lowest BCUT2D eigenvalue weighted by molar-refractivity contribution is -0.131. The molecule has 1 fully saturated rings. The van der Waals surface area contributed by atoms with E-state index < -0.39 is 0 Å². The van der Waals surface area contributed by atoms with Crippen LogP contribution in [0.25, 0.3) is 0 Å². The van der Waals surface area contributed by atoms with E-state index >= 15 is 0 Å². The van der Waals surface area contributed by atoms with Crippen LogP contribution in [0.3, 0.4) is 0 Å². The van der Waals surface area contributed by atoms with E-state index in [0.29, 0.717) is 5.69 Å². The zero-order chi connectivity index (χ0) is 14.8. The summed E-state index contributed by atoms with van der Waals surface area (Å²) in [6, 6.07) is 9.61. The van der Waals surface area contributed by atoms with Gasteiger partial charge in [0.25, 0.3) is 0 Å². The monoisotopic (exact) mass is 304 g/mol. The zero-order valence-corrected chi connectivity index (χ0v) is 12.6. The Kier molecular flexibility index (Phi) is 3.97. The molecule has 3 rings (SSSR count). The maximum atomic E-state index is 12.5. The first-order valence-electron chi connectivity index (χ1n) is 7.11. The van der Waals surface area contributed by atoms with E-state index in [-0.39, 0.29) is 18.4 Å². The molecule has 0 aliphatic carbocycles. The van der Waals surface area contributed by atoms with Gasteiger partial charge < -0.3 is 9.42 Å². The molecule has 21 heavy (non-hydrogen) atoms. The van der Waals surface area contributed by atoms with E-state index in [1.54, 1.807) is 6.07 Å². The Hall–Kier alpha value is -1.81. The predicted molar refractivity (Wildman–Crippen MR) is 80.1 cm³/mol. The van der Waals surface area contributed by atoms with Gasteiger partial charge in [-0.3, -0.25) is 4.79 Å². The number of benzene rings is 1. The van der Waals surface area contributed by atoms with Crippen molar-refractivity contribution in [2.45, 2.75) is 32.2 Å². The molecular weight excluding hydrogens is 288 g/mol. The average Bonchev–Trinajstić information content (AvgIpc) is 3.08. The van der Waals surface area contributed by atoms with Gasteiger partial charge in [0.15, 0.2) is 0 Å². The third kappa shape index (κ3) is 2.95. The molecular formula is C16H17ClN2O2. The minimum Gasteiger partial charge on any atom is -0.361 e. The molecule has 4 nitrogen and oxygen atoms in total. The van der Waals surface area contributed by atoms with Crippen molar-refractivity contribution < 1.29 is 9.32 Å². The number of carbonyl (C=O) groups excluding carboxylic acids is 1. The van der Waals surface area contributed by atoms with Crippen molar-refractivity contribution in [3.8, 4) is 0 Å². The lowest BCUT2D eigenvalue weighted by Crippen LogP contribution is -2.32. The molecule has 0 N–H and O–H groups in total. The maximum absolute atomic E-state index is 12.5. The van der Waals surface area contributed by atoms with E-state index in [0.717, 1.165) is 35.7 Å². The van der Waals surface area contributed by atoms with Gasteiger partial charge >= 0.3 is 0 Å². The van der Waals surface area contributed by atoms with E-state index in [1.807, 2.05) is 36.1 Å². The van der Waals surface area contributed by atoms with Crippen LogP contribution in [-0.4, -0.2) is 22.5 Å². The van der Waals surface area contributed by atoms with Gasteiger partial charge in [-0.15, -0.1) is 0 Å². The highest BCUT2D eigenvalue weighted by atomic mass is 35.5. The molecule has 5 heteroatoms. The first-order chi connectivity index (χ1) is 10.1. The normalized spacial score (nSPS) is 18.2. The summed E-state index contributed by atoms with van der Waals surface area (Å²) in [6.07, 6.45) is 2.23. The van der Waals surface area contributed by atoms with Gasteiger partial charge in [0.2, 0.25) is 5.91 Å². The van der Waals surface area contributed by atoms with Crippen molar-refractivity contribution in [3.05, 3.63) is 52.4 Å². The summed E-state index contributed by atoms with van der Waals surface area (Å²) in [6.45, 7) is 2.59. The minimum absolute atomic E-state index is 0.0687. The molecule has 1 unspecified atom stereocenters. The topological polar surface area (TPSA) is 46.3 Å². The van der Waals surface area contributed by atoms with Crippen LogP contribution in [0, 0.1) is 6.92 Å². The van der Waals surface area contributed by atoms with Crippen LogP contribution in [0.5, 0.6) is 0 Å². The lowest BCUT2D eigenvalue weighted by Gasteiger charge is -2.25. The van der Waals surface area contributed by atoms with Crippen LogP contribution in [0.4, 0.5) is 0 Å². The summed E-state index contributed by atoms with van der Waals surface area (Å²) in [4.78, 5) is 14.4. The van der Waals surface area contributed by atoms with E-state index in [2.05, 4.69) is 5.16 Å².